The molecule has 4 rings (SSSR count). The van der Waals surface area contributed by atoms with Crippen LogP contribution in [0.3, 0.4) is 0 Å². The van der Waals surface area contributed by atoms with Gasteiger partial charge in [-0.05, 0) is 54.6 Å². The molecule has 0 saturated heterocycles. The van der Waals surface area contributed by atoms with Gasteiger partial charge in [-0.3, -0.25) is 14.5 Å². The molecule has 2 amide bonds. The molecule has 0 fully saturated rings. The SMILES string of the molecule is CC(=O)N(c1ccc(C)c(C)c1)c1nc(/C=C(\C#N)C(=O)Nc2cccc3ccccc23)cs1. The average Bonchev–Trinajstić information content (AvgIpc) is 3.27. The standard InChI is InChI=1S/C27H22N4O2S/c1-17-11-12-23(13-18(17)2)31(19(3)32)27-29-22(16-34-27)14-21(15-28)26(33)30-25-10-6-8-20-7-4-5-9-24(20)25/h4-14,16H,1-3H3,(H,30,33)/b21-14+. The number of carbonyl (C=O) groups is 2. The van der Waals surface area contributed by atoms with Crippen molar-refractivity contribution >= 4 is 56.5 Å². The minimum absolute atomic E-state index is 0.0784. The maximum atomic E-state index is 12.8. The summed E-state index contributed by atoms with van der Waals surface area (Å²) >= 11 is 1.27. The third kappa shape index (κ3) is 4.72. The molecule has 34 heavy (non-hydrogen) atoms. The molecule has 3 aromatic carbocycles. The Morgan fingerprint density at radius 3 is 2.56 bits per heavy atom. The fourth-order valence-corrected chi connectivity index (χ4v) is 4.40. The van der Waals surface area contributed by atoms with Crippen LogP contribution in [0.5, 0.6) is 0 Å². The van der Waals surface area contributed by atoms with Crippen LogP contribution in [0.1, 0.15) is 23.7 Å². The zero-order chi connectivity index (χ0) is 24.2. The van der Waals surface area contributed by atoms with Crippen molar-refractivity contribution in [3.8, 4) is 6.07 Å². The van der Waals surface area contributed by atoms with Crippen LogP contribution in [0.4, 0.5) is 16.5 Å². The third-order valence-electron chi connectivity index (χ3n) is 5.46. The van der Waals surface area contributed by atoms with E-state index in [9.17, 15) is 14.9 Å². The van der Waals surface area contributed by atoms with E-state index in [1.807, 2.05) is 74.5 Å². The number of carbonyl (C=O) groups excluding carboxylic acids is 2. The highest BCUT2D eigenvalue weighted by Crippen LogP contribution is 2.31. The quantitative estimate of drug-likeness (QED) is 0.283. The molecule has 0 aliphatic rings. The van der Waals surface area contributed by atoms with Crippen molar-refractivity contribution in [2.75, 3.05) is 10.2 Å². The van der Waals surface area contributed by atoms with Crippen LogP contribution in [0.25, 0.3) is 16.8 Å². The Balaban J connectivity index is 1.61. The Morgan fingerprint density at radius 2 is 1.82 bits per heavy atom. The van der Waals surface area contributed by atoms with Gasteiger partial charge in [0.15, 0.2) is 5.13 Å². The van der Waals surface area contributed by atoms with Gasteiger partial charge >= 0.3 is 0 Å². The number of aromatic nitrogens is 1. The summed E-state index contributed by atoms with van der Waals surface area (Å²) in [5.74, 6) is -0.701. The number of benzene rings is 3. The van der Waals surface area contributed by atoms with Crippen molar-refractivity contribution in [1.29, 1.82) is 5.26 Å². The molecular formula is C27H22N4O2S. The first-order valence-corrected chi connectivity index (χ1v) is 11.5. The highest BCUT2D eigenvalue weighted by molar-refractivity contribution is 7.14. The van der Waals surface area contributed by atoms with E-state index in [0.717, 1.165) is 27.6 Å². The Labute approximate surface area is 201 Å². The zero-order valence-electron chi connectivity index (χ0n) is 19.0. The Bertz CT molecular complexity index is 1470. The summed E-state index contributed by atoms with van der Waals surface area (Å²) < 4.78 is 0. The molecule has 1 aromatic heterocycles. The molecular weight excluding hydrogens is 444 g/mol. The maximum absolute atomic E-state index is 12.8. The number of fused-ring (bicyclic) bond motifs is 1. The van der Waals surface area contributed by atoms with Gasteiger partial charge in [0.1, 0.15) is 11.6 Å². The van der Waals surface area contributed by atoms with Crippen molar-refractivity contribution in [3.05, 3.63) is 88.4 Å². The van der Waals surface area contributed by atoms with Gasteiger partial charge in [0.05, 0.1) is 11.4 Å². The molecule has 4 aromatic rings. The van der Waals surface area contributed by atoms with Crippen molar-refractivity contribution < 1.29 is 9.59 Å². The van der Waals surface area contributed by atoms with Crippen LogP contribution in [-0.2, 0) is 9.59 Å². The zero-order valence-corrected chi connectivity index (χ0v) is 19.8. The van der Waals surface area contributed by atoms with E-state index in [0.29, 0.717) is 16.5 Å². The number of nitriles is 1. The van der Waals surface area contributed by atoms with Crippen LogP contribution in [-0.4, -0.2) is 16.8 Å². The molecule has 6 nitrogen and oxygen atoms in total. The van der Waals surface area contributed by atoms with Gasteiger partial charge in [0.2, 0.25) is 5.91 Å². The number of hydrogen-bond acceptors (Lipinski definition) is 5. The number of nitrogens with one attached hydrogen (secondary N) is 1. The van der Waals surface area contributed by atoms with Crippen LogP contribution < -0.4 is 10.2 Å². The first kappa shape index (κ1) is 22.9. The summed E-state index contributed by atoms with van der Waals surface area (Å²) in [4.78, 5) is 31.3. The molecule has 1 heterocycles. The predicted octanol–water partition coefficient (Wildman–Crippen LogP) is 6.14. The molecule has 0 radical (unpaired) electrons. The summed E-state index contributed by atoms with van der Waals surface area (Å²) in [5, 5.41) is 16.5. The van der Waals surface area contributed by atoms with Gasteiger partial charge in [-0.1, -0.05) is 42.5 Å². The summed E-state index contributed by atoms with van der Waals surface area (Å²) in [5.41, 5.74) is 3.89. The highest BCUT2D eigenvalue weighted by atomic mass is 32.1. The van der Waals surface area contributed by atoms with Gasteiger partial charge in [-0.2, -0.15) is 5.26 Å². The lowest BCUT2D eigenvalue weighted by molar-refractivity contribution is -0.116. The third-order valence-corrected chi connectivity index (χ3v) is 6.30. The van der Waals surface area contributed by atoms with E-state index in [1.54, 1.807) is 11.4 Å². The van der Waals surface area contributed by atoms with E-state index in [4.69, 9.17) is 0 Å². The smallest absolute Gasteiger partial charge is 0.266 e. The molecule has 1 N–H and O–H groups in total. The Kier molecular flexibility index (Phi) is 6.53. The molecule has 0 aliphatic heterocycles. The molecule has 0 bridgehead atoms. The second-order valence-corrected chi connectivity index (χ2v) is 8.67. The monoisotopic (exact) mass is 466 g/mol. The lowest BCUT2D eigenvalue weighted by atomic mass is 10.1. The average molecular weight is 467 g/mol. The fraction of sp³-hybridized carbons (Fsp3) is 0.111. The van der Waals surface area contributed by atoms with Crippen molar-refractivity contribution in [1.82, 2.24) is 4.98 Å². The number of hydrogen-bond donors (Lipinski definition) is 1. The summed E-state index contributed by atoms with van der Waals surface area (Å²) in [7, 11) is 0. The van der Waals surface area contributed by atoms with Gasteiger partial charge < -0.3 is 5.32 Å². The molecule has 0 spiro atoms. The minimum Gasteiger partial charge on any atom is -0.321 e. The van der Waals surface area contributed by atoms with E-state index < -0.39 is 5.91 Å². The molecule has 0 atom stereocenters. The predicted molar refractivity (Wildman–Crippen MR) is 137 cm³/mol. The Hall–Kier alpha value is -4.28. The van der Waals surface area contributed by atoms with E-state index in [1.165, 1.54) is 29.2 Å². The first-order chi connectivity index (χ1) is 16.4. The fourth-order valence-electron chi connectivity index (χ4n) is 3.56. The second kappa shape index (κ2) is 9.69. The molecule has 168 valence electrons. The van der Waals surface area contributed by atoms with Gasteiger partial charge in [-0.15, -0.1) is 11.3 Å². The molecule has 0 saturated carbocycles. The van der Waals surface area contributed by atoms with Crippen molar-refractivity contribution in [3.63, 3.8) is 0 Å². The summed E-state index contributed by atoms with van der Waals surface area (Å²) in [6.07, 6.45) is 1.43. The van der Waals surface area contributed by atoms with Crippen molar-refractivity contribution in [2.24, 2.45) is 0 Å². The molecule has 7 heteroatoms. The summed E-state index contributed by atoms with van der Waals surface area (Å²) in [6, 6.07) is 21.0. The van der Waals surface area contributed by atoms with Crippen molar-refractivity contribution in [2.45, 2.75) is 20.8 Å². The Morgan fingerprint density at radius 1 is 1.06 bits per heavy atom. The summed E-state index contributed by atoms with van der Waals surface area (Å²) in [6.45, 7) is 5.47. The lowest BCUT2D eigenvalue weighted by Crippen LogP contribution is -2.22. The number of nitrogens with zero attached hydrogens (tertiary/aromatic N) is 3. The normalized spacial score (nSPS) is 11.2. The van der Waals surface area contributed by atoms with Crippen LogP contribution in [0.15, 0.2) is 71.6 Å². The molecule has 0 unspecified atom stereocenters. The van der Waals surface area contributed by atoms with Gasteiger partial charge in [0, 0.05) is 23.4 Å². The van der Waals surface area contributed by atoms with Crippen LogP contribution >= 0.6 is 11.3 Å². The van der Waals surface area contributed by atoms with Gasteiger partial charge in [0.25, 0.3) is 5.91 Å². The molecule has 0 aliphatic carbocycles. The minimum atomic E-state index is -0.522. The number of anilines is 3. The van der Waals surface area contributed by atoms with Crippen LogP contribution in [0.2, 0.25) is 0 Å². The second-order valence-electron chi connectivity index (χ2n) is 7.83. The van der Waals surface area contributed by atoms with Crippen LogP contribution in [0, 0.1) is 25.2 Å². The lowest BCUT2D eigenvalue weighted by Gasteiger charge is -2.19. The first-order valence-electron chi connectivity index (χ1n) is 10.6. The number of amides is 2. The largest absolute Gasteiger partial charge is 0.321 e. The number of thiazole rings is 1. The number of aryl methyl sites for hydroxylation is 2. The maximum Gasteiger partial charge on any atom is 0.266 e. The highest BCUT2D eigenvalue weighted by Gasteiger charge is 2.19. The van der Waals surface area contributed by atoms with E-state index in [2.05, 4.69) is 10.3 Å². The topological polar surface area (TPSA) is 86.1 Å². The van der Waals surface area contributed by atoms with E-state index in [-0.39, 0.29) is 11.5 Å². The van der Waals surface area contributed by atoms with E-state index >= 15 is 0 Å². The number of rotatable bonds is 5. The van der Waals surface area contributed by atoms with Gasteiger partial charge in [-0.25, -0.2) is 4.98 Å².